The van der Waals surface area contributed by atoms with Gasteiger partial charge in [0.05, 0.1) is 11.6 Å². The van der Waals surface area contributed by atoms with Crippen molar-refractivity contribution in [3.05, 3.63) is 11.5 Å². The van der Waals surface area contributed by atoms with Crippen molar-refractivity contribution in [3.8, 4) is 0 Å². The summed E-state index contributed by atoms with van der Waals surface area (Å²) in [5.74, 6) is 0.359. The lowest BCUT2D eigenvalue weighted by atomic mass is 10.4. The van der Waals surface area contributed by atoms with Gasteiger partial charge < -0.3 is 5.73 Å². The van der Waals surface area contributed by atoms with Crippen molar-refractivity contribution < 1.29 is 0 Å². The molecule has 0 aliphatic carbocycles. The summed E-state index contributed by atoms with van der Waals surface area (Å²) in [5, 5.41) is 4.84. The quantitative estimate of drug-likeness (QED) is 0.608. The third-order valence-electron chi connectivity index (χ3n) is 1.59. The SMILES string of the molecule is Cn1ncc2c(N)nc(Cl)nc21. The number of nitrogens with zero attached hydrogens (tertiary/aromatic N) is 4. The fourth-order valence-corrected chi connectivity index (χ4v) is 1.19. The third-order valence-corrected chi connectivity index (χ3v) is 1.76. The van der Waals surface area contributed by atoms with E-state index in [4.69, 9.17) is 17.3 Å². The van der Waals surface area contributed by atoms with Crippen molar-refractivity contribution in [3.63, 3.8) is 0 Å². The van der Waals surface area contributed by atoms with E-state index >= 15 is 0 Å². The van der Waals surface area contributed by atoms with E-state index in [0.29, 0.717) is 11.5 Å². The van der Waals surface area contributed by atoms with Gasteiger partial charge in [-0.15, -0.1) is 0 Å². The lowest BCUT2D eigenvalue weighted by molar-refractivity contribution is 0.785. The van der Waals surface area contributed by atoms with Gasteiger partial charge in [-0.3, -0.25) is 4.68 Å². The lowest BCUT2D eigenvalue weighted by Gasteiger charge is -1.96. The second kappa shape index (κ2) is 2.31. The van der Waals surface area contributed by atoms with Crippen molar-refractivity contribution >= 4 is 28.5 Å². The minimum absolute atomic E-state index is 0.142. The van der Waals surface area contributed by atoms with E-state index in [2.05, 4.69) is 15.1 Å². The summed E-state index contributed by atoms with van der Waals surface area (Å²) in [4.78, 5) is 7.76. The summed E-state index contributed by atoms with van der Waals surface area (Å²) in [6.07, 6.45) is 1.61. The maximum Gasteiger partial charge on any atom is 0.226 e. The zero-order chi connectivity index (χ0) is 8.72. The van der Waals surface area contributed by atoms with Crippen LogP contribution in [0.25, 0.3) is 11.0 Å². The van der Waals surface area contributed by atoms with E-state index in [-0.39, 0.29) is 5.28 Å². The molecule has 0 saturated heterocycles. The number of nitrogen functional groups attached to an aromatic ring is 1. The first-order valence-electron chi connectivity index (χ1n) is 3.29. The number of aromatic nitrogens is 4. The maximum absolute atomic E-state index is 5.61. The average Bonchev–Trinajstić information content (AvgIpc) is 2.33. The highest BCUT2D eigenvalue weighted by molar-refractivity contribution is 6.28. The van der Waals surface area contributed by atoms with Crippen molar-refractivity contribution in [1.29, 1.82) is 0 Å². The molecular formula is C6H6ClN5. The van der Waals surface area contributed by atoms with Gasteiger partial charge in [0, 0.05) is 7.05 Å². The minimum Gasteiger partial charge on any atom is -0.383 e. The Labute approximate surface area is 73.2 Å². The number of hydrogen-bond donors (Lipinski definition) is 1. The molecule has 0 saturated carbocycles. The van der Waals surface area contributed by atoms with Crippen LogP contribution >= 0.6 is 11.6 Å². The van der Waals surface area contributed by atoms with Crippen LogP contribution in [0.15, 0.2) is 6.20 Å². The lowest BCUT2D eigenvalue weighted by Crippen LogP contribution is -1.96. The Hall–Kier alpha value is -1.36. The summed E-state index contributed by atoms with van der Waals surface area (Å²) in [7, 11) is 1.77. The molecule has 2 aromatic rings. The molecule has 0 unspecified atom stereocenters. The molecule has 0 aliphatic rings. The molecule has 0 aliphatic heterocycles. The van der Waals surface area contributed by atoms with Crippen LogP contribution < -0.4 is 5.73 Å². The standard InChI is InChI=1S/C6H6ClN5/c1-12-5-3(2-9-12)4(8)10-6(7)11-5/h2H,1H3,(H2,8,10,11). The summed E-state index contributed by atoms with van der Waals surface area (Å²) >= 11 is 5.61. The first-order chi connectivity index (χ1) is 5.68. The summed E-state index contributed by atoms with van der Waals surface area (Å²) in [6, 6.07) is 0. The molecule has 0 aromatic carbocycles. The summed E-state index contributed by atoms with van der Waals surface area (Å²) in [5.41, 5.74) is 6.23. The van der Waals surface area contributed by atoms with Crippen molar-refractivity contribution in [1.82, 2.24) is 19.7 Å². The Bertz CT molecular complexity index is 435. The second-order valence-electron chi connectivity index (χ2n) is 2.38. The first-order valence-corrected chi connectivity index (χ1v) is 3.67. The molecule has 2 N–H and O–H groups in total. The van der Waals surface area contributed by atoms with Crippen molar-refractivity contribution in [2.75, 3.05) is 5.73 Å². The zero-order valence-corrected chi connectivity index (χ0v) is 7.08. The Morgan fingerprint density at radius 1 is 1.50 bits per heavy atom. The molecule has 2 heterocycles. The van der Waals surface area contributed by atoms with Gasteiger partial charge in [0.25, 0.3) is 0 Å². The Morgan fingerprint density at radius 2 is 2.25 bits per heavy atom. The Morgan fingerprint density at radius 3 is 3.00 bits per heavy atom. The smallest absolute Gasteiger partial charge is 0.226 e. The molecule has 0 spiro atoms. The summed E-state index contributed by atoms with van der Waals surface area (Å²) < 4.78 is 1.60. The van der Waals surface area contributed by atoms with Gasteiger partial charge in [-0.05, 0) is 11.6 Å². The van der Waals surface area contributed by atoms with Gasteiger partial charge in [-0.1, -0.05) is 0 Å². The van der Waals surface area contributed by atoms with E-state index in [0.717, 1.165) is 5.39 Å². The van der Waals surface area contributed by atoms with E-state index in [1.165, 1.54) is 0 Å². The van der Waals surface area contributed by atoms with Crippen LogP contribution in [0, 0.1) is 0 Å². The van der Waals surface area contributed by atoms with Gasteiger partial charge in [0.15, 0.2) is 5.65 Å². The van der Waals surface area contributed by atoms with E-state index in [1.54, 1.807) is 17.9 Å². The highest BCUT2D eigenvalue weighted by Gasteiger charge is 2.06. The molecular weight excluding hydrogens is 178 g/mol. The maximum atomic E-state index is 5.61. The number of anilines is 1. The molecule has 0 amide bonds. The first kappa shape index (κ1) is 7.30. The van der Waals surface area contributed by atoms with Crippen LogP contribution in [0.5, 0.6) is 0 Å². The Kier molecular flexibility index (Phi) is 1.41. The highest BCUT2D eigenvalue weighted by Crippen LogP contribution is 2.17. The number of hydrogen-bond acceptors (Lipinski definition) is 4. The van der Waals surface area contributed by atoms with Gasteiger partial charge in [0.1, 0.15) is 5.82 Å². The Balaban J connectivity index is 2.92. The average molecular weight is 184 g/mol. The topological polar surface area (TPSA) is 69.6 Å². The molecule has 2 rings (SSSR count). The van der Waals surface area contributed by atoms with Crippen LogP contribution in [-0.2, 0) is 7.05 Å². The van der Waals surface area contributed by atoms with Gasteiger partial charge >= 0.3 is 0 Å². The van der Waals surface area contributed by atoms with Crippen molar-refractivity contribution in [2.24, 2.45) is 7.05 Å². The van der Waals surface area contributed by atoms with Gasteiger partial charge in [-0.2, -0.15) is 10.1 Å². The van der Waals surface area contributed by atoms with E-state index in [9.17, 15) is 0 Å². The van der Waals surface area contributed by atoms with Crippen LogP contribution in [-0.4, -0.2) is 19.7 Å². The third kappa shape index (κ3) is 0.902. The number of nitrogens with two attached hydrogens (primary N) is 1. The number of fused-ring (bicyclic) bond motifs is 1. The van der Waals surface area contributed by atoms with Crippen LogP contribution in [0.4, 0.5) is 5.82 Å². The van der Waals surface area contributed by atoms with Crippen molar-refractivity contribution in [2.45, 2.75) is 0 Å². The fourth-order valence-electron chi connectivity index (χ4n) is 1.02. The zero-order valence-electron chi connectivity index (χ0n) is 6.32. The largest absolute Gasteiger partial charge is 0.383 e. The van der Waals surface area contributed by atoms with Gasteiger partial charge in [0.2, 0.25) is 5.28 Å². The minimum atomic E-state index is 0.142. The monoisotopic (exact) mass is 183 g/mol. The fraction of sp³-hybridized carbons (Fsp3) is 0.167. The molecule has 0 bridgehead atoms. The molecule has 2 aromatic heterocycles. The summed E-state index contributed by atoms with van der Waals surface area (Å²) in [6.45, 7) is 0. The van der Waals surface area contributed by atoms with Gasteiger partial charge in [-0.25, -0.2) is 4.98 Å². The second-order valence-corrected chi connectivity index (χ2v) is 2.72. The number of halogens is 1. The van der Waals surface area contributed by atoms with E-state index in [1.807, 2.05) is 0 Å². The molecule has 0 fully saturated rings. The number of aryl methyl sites for hydroxylation is 1. The molecule has 0 radical (unpaired) electrons. The molecule has 0 atom stereocenters. The van der Waals surface area contributed by atoms with Crippen LogP contribution in [0.3, 0.4) is 0 Å². The normalized spacial score (nSPS) is 10.8. The highest BCUT2D eigenvalue weighted by atomic mass is 35.5. The van der Waals surface area contributed by atoms with E-state index < -0.39 is 0 Å². The predicted octanol–water partition coefficient (Wildman–Crippen LogP) is 0.599. The molecule has 12 heavy (non-hydrogen) atoms. The van der Waals surface area contributed by atoms with Crippen LogP contribution in [0.2, 0.25) is 5.28 Å². The number of rotatable bonds is 0. The molecule has 6 heteroatoms. The predicted molar refractivity (Wildman–Crippen MR) is 45.7 cm³/mol. The molecule has 5 nitrogen and oxygen atoms in total. The van der Waals surface area contributed by atoms with Crippen LogP contribution in [0.1, 0.15) is 0 Å². The molecule has 62 valence electrons.